The van der Waals surface area contributed by atoms with Crippen LogP contribution in [0.15, 0.2) is 47.5 Å². The van der Waals surface area contributed by atoms with Crippen molar-refractivity contribution < 1.29 is 13.2 Å². The van der Waals surface area contributed by atoms with Gasteiger partial charge in [0.05, 0.1) is 10.9 Å². The Bertz CT molecular complexity index is 802. The number of hydrogen-bond donors (Lipinski definition) is 2. The molecule has 1 heterocycles. The van der Waals surface area contributed by atoms with Crippen molar-refractivity contribution in [3.05, 3.63) is 53.7 Å². The second kappa shape index (κ2) is 6.78. The van der Waals surface area contributed by atoms with E-state index >= 15 is 0 Å². The summed E-state index contributed by atoms with van der Waals surface area (Å²) in [6.45, 7) is 1.84. The number of sulfone groups is 1. The van der Waals surface area contributed by atoms with Crippen LogP contribution < -0.4 is 10.6 Å². The number of nitrogens with zero attached hydrogens (tertiary/aromatic N) is 1. The molecule has 23 heavy (non-hydrogen) atoms. The van der Waals surface area contributed by atoms with Gasteiger partial charge in [-0.2, -0.15) is 0 Å². The number of pyridine rings is 1. The van der Waals surface area contributed by atoms with Crippen LogP contribution in [0.5, 0.6) is 0 Å². The van der Waals surface area contributed by atoms with Crippen LogP contribution >= 0.6 is 0 Å². The molecule has 0 saturated carbocycles. The zero-order valence-corrected chi connectivity index (χ0v) is 14.0. The van der Waals surface area contributed by atoms with Gasteiger partial charge in [-0.15, -0.1) is 0 Å². The summed E-state index contributed by atoms with van der Waals surface area (Å²) in [5.41, 5.74) is 1.33. The molecule has 2 rings (SSSR count). The van der Waals surface area contributed by atoms with E-state index in [1.807, 2.05) is 6.92 Å². The molecule has 2 aromatic rings. The lowest BCUT2D eigenvalue weighted by Crippen LogP contribution is -2.26. The predicted molar refractivity (Wildman–Crippen MR) is 89.2 cm³/mol. The van der Waals surface area contributed by atoms with Gasteiger partial charge in [-0.25, -0.2) is 13.4 Å². The third kappa shape index (κ3) is 4.29. The first-order valence-corrected chi connectivity index (χ1v) is 8.95. The third-order valence-corrected chi connectivity index (χ3v) is 4.56. The molecule has 2 N–H and O–H groups in total. The summed E-state index contributed by atoms with van der Waals surface area (Å²) in [6.07, 6.45) is 2.72. The first kappa shape index (κ1) is 17.0. The van der Waals surface area contributed by atoms with Gasteiger partial charge in [0.1, 0.15) is 5.82 Å². The number of carbonyl (C=O) groups excluding carboxylic acids is 1. The number of nitrogens with one attached hydrogen (secondary N) is 2. The molecular formula is C16H19N3O3S. The smallest absolute Gasteiger partial charge is 0.251 e. The lowest BCUT2D eigenvalue weighted by atomic mass is 10.1. The van der Waals surface area contributed by atoms with Gasteiger partial charge in [-0.3, -0.25) is 4.79 Å². The van der Waals surface area contributed by atoms with E-state index in [1.165, 1.54) is 0 Å². The van der Waals surface area contributed by atoms with Crippen LogP contribution in [-0.2, 0) is 9.84 Å². The molecule has 0 aliphatic carbocycles. The van der Waals surface area contributed by atoms with Crippen molar-refractivity contribution in [1.82, 2.24) is 10.3 Å². The maximum Gasteiger partial charge on any atom is 0.251 e. The number of benzene rings is 1. The van der Waals surface area contributed by atoms with Gasteiger partial charge in [-0.1, -0.05) is 12.1 Å². The molecule has 0 fully saturated rings. The Balaban J connectivity index is 2.11. The van der Waals surface area contributed by atoms with Crippen LogP contribution in [0.1, 0.15) is 28.9 Å². The summed E-state index contributed by atoms with van der Waals surface area (Å²) >= 11 is 0. The zero-order valence-electron chi connectivity index (χ0n) is 13.2. The molecule has 0 unspecified atom stereocenters. The van der Waals surface area contributed by atoms with E-state index in [0.717, 1.165) is 11.8 Å². The Morgan fingerprint density at radius 2 is 1.83 bits per heavy atom. The van der Waals surface area contributed by atoms with Gasteiger partial charge >= 0.3 is 0 Å². The van der Waals surface area contributed by atoms with Crippen molar-refractivity contribution in [2.24, 2.45) is 0 Å². The van der Waals surface area contributed by atoms with Crippen molar-refractivity contribution >= 4 is 21.6 Å². The molecule has 1 amide bonds. The average Bonchev–Trinajstić information content (AvgIpc) is 2.54. The first-order valence-electron chi connectivity index (χ1n) is 7.06. The average molecular weight is 333 g/mol. The third-order valence-electron chi connectivity index (χ3n) is 3.43. The second-order valence-corrected chi connectivity index (χ2v) is 7.23. The number of anilines is 1. The molecule has 0 aliphatic rings. The summed E-state index contributed by atoms with van der Waals surface area (Å²) in [7, 11) is -1.49. The van der Waals surface area contributed by atoms with Gasteiger partial charge in [0.25, 0.3) is 5.91 Å². The lowest BCUT2D eigenvalue weighted by Gasteiger charge is -2.15. The van der Waals surface area contributed by atoms with Gasteiger partial charge in [0, 0.05) is 25.1 Å². The maximum absolute atomic E-state index is 12.3. The van der Waals surface area contributed by atoms with Crippen LogP contribution in [0.4, 0.5) is 5.82 Å². The molecule has 6 nitrogen and oxygen atoms in total. The molecular weight excluding hydrogens is 314 g/mol. The normalized spacial score (nSPS) is 12.5. The van der Waals surface area contributed by atoms with Crippen molar-refractivity contribution in [3.8, 4) is 0 Å². The fourth-order valence-corrected chi connectivity index (χ4v) is 2.71. The van der Waals surface area contributed by atoms with Crippen LogP contribution in [0.25, 0.3) is 0 Å². The van der Waals surface area contributed by atoms with E-state index in [9.17, 15) is 13.2 Å². The minimum Gasteiger partial charge on any atom is -0.373 e. The molecule has 0 radical (unpaired) electrons. The van der Waals surface area contributed by atoms with Gasteiger partial charge in [0.15, 0.2) is 9.84 Å². The largest absolute Gasteiger partial charge is 0.373 e. The fourth-order valence-electron chi connectivity index (χ4n) is 2.08. The van der Waals surface area contributed by atoms with Crippen molar-refractivity contribution in [2.75, 3.05) is 18.6 Å². The molecule has 0 spiro atoms. The minimum atomic E-state index is -3.22. The number of carbonyl (C=O) groups is 1. The predicted octanol–water partition coefficient (Wildman–Crippen LogP) is 2.02. The standard InChI is InChI=1S/C16H19N3O3S/c1-11(12-4-6-14(7-5-12)23(3,21)22)19-16(20)13-8-9-18-15(10-13)17-2/h4-11H,1-3H3,(H,17,18)(H,19,20)/t11-/m1/s1. The summed E-state index contributed by atoms with van der Waals surface area (Å²) in [6, 6.07) is 9.53. The number of aromatic nitrogens is 1. The molecule has 1 aromatic heterocycles. The van der Waals surface area contributed by atoms with Crippen LogP contribution in [0.2, 0.25) is 0 Å². The van der Waals surface area contributed by atoms with Gasteiger partial charge in [0.2, 0.25) is 0 Å². The Morgan fingerprint density at radius 3 is 2.39 bits per heavy atom. The minimum absolute atomic E-state index is 0.219. The first-order chi connectivity index (χ1) is 10.8. The van der Waals surface area contributed by atoms with Crippen molar-refractivity contribution in [1.29, 1.82) is 0 Å². The summed E-state index contributed by atoms with van der Waals surface area (Å²) in [5.74, 6) is 0.395. The highest BCUT2D eigenvalue weighted by atomic mass is 32.2. The molecule has 0 bridgehead atoms. The van der Waals surface area contributed by atoms with Gasteiger partial charge in [-0.05, 0) is 36.8 Å². The topological polar surface area (TPSA) is 88.2 Å². The van der Waals surface area contributed by atoms with E-state index in [0.29, 0.717) is 11.4 Å². The Hall–Kier alpha value is -2.41. The van der Waals surface area contributed by atoms with Crippen LogP contribution in [-0.4, -0.2) is 32.6 Å². The number of amides is 1. The Morgan fingerprint density at radius 1 is 1.17 bits per heavy atom. The lowest BCUT2D eigenvalue weighted by molar-refractivity contribution is 0.0940. The highest BCUT2D eigenvalue weighted by Gasteiger charge is 2.13. The van der Waals surface area contributed by atoms with Crippen molar-refractivity contribution in [3.63, 3.8) is 0 Å². The Labute approximate surface area is 135 Å². The summed E-state index contributed by atoms with van der Waals surface area (Å²) < 4.78 is 22.9. The molecule has 0 saturated heterocycles. The van der Waals surface area contributed by atoms with Gasteiger partial charge < -0.3 is 10.6 Å². The maximum atomic E-state index is 12.3. The SMILES string of the molecule is CNc1cc(C(=O)N[C@H](C)c2ccc(S(C)(=O)=O)cc2)ccn1. The summed E-state index contributed by atoms with van der Waals surface area (Å²) in [4.78, 5) is 16.6. The monoisotopic (exact) mass is 333 g/mol. The quantitative estimate of drug-likeness (QED) is 0.874. The van der Waals surface area contributed by atoms with Crippen LogP contribution in [0.3, 0.4) is 0 Å². The fraction of sp³-hybridized carbons (Fsp3) is 0.250. The molecule has 0 aliphatic heterocycles. The Kier molecular flexibility index (Phi) is 5.00. The van der Waals surface area contributed by atoms with E-state index < -0.39 is 9.84 Å². The van der Waals surface area contributed by atoms with E-state index in [1.54, 1.807) is 49.6 Å². The van der Waals surface area contributed by atoms with E-state index in [-0.39, 0.29) is 16.8 Å². The van der Waals surface area contributed by atoms with Crippen molar-refractivity contribution in [2.45, 2.75) is 17.9 Å². The number of hydrogen-bond acceptors (Lipinski definition) is 5. The van der Waals surface area contributed by atoms with E-state index in [4.69, 9.17) is 0 Å². The molecule has 1 atom stereocenters. The molecule has 1 aromatic carbocycles. The van der Waals surface area contributed by atoms with Crippen LogP contribution in [0, 0.1) is 0 Å². The second-order valence-electron chi connectivity index (χ2n) is 5.22. The van der Waals surface area contributed by atoms with E-state index in [2.05, 4.69) is 15.6 Å². The zero-order chi connectivity index (χ0) is 17.0. The molecule has 7 heteroatoms. The summed E-state index contributed by atoms with van der Waals surface area (Å²) in [5, 5.41) is 5.76. The number of rotatable bonds is 5. The highest BCUT2D eigenvalue weighted by Crippen LogP contribution is 2.17. The highest BCUT2D eigenvalue weighted by molar-refractivity contribution is 7.90. The molecule has 122 valence electrons.